The smallest absolute Gasteiger partial charge is 0.358 e. The SMILES string of the molecule is CC(C)C1=CC[C-]=C1.CCCCCC.Cl.Cl.[CH3-].[Si].[Zr+3].c1ccc2[cH-]ccc2c1. The van der Waals surface area contributed by atoms with Crippen LogP contribution in [0.5, 0.6) is 0 Å². The third-order valence-electron chi connectivity index (χ3n) is 3.90. The van der Waals surface area contributed by atoms with Crippen LogP contribution >= 0.6 is 24.8 Å². The summed E-state index contributed by atoms with van der Waals surface area (Å²) in [5, 5.41) is 2.66. The molecule has 0 N–H and O–H groups in total. The topological polar surface area (TPSA) is 0 Å². The molecule has 0 heterocycles. The van der Waals surface area contributed by atoms with E-state index in [-0.39, 0.29) is 69.4 Å². The zero-order valence-corrected chi connectivity index (χ0v) is 23.2. The normalized spacial score (nSPS) is 10.2. The maximum absolute atomic E-state index is 3.14. The minimum atomic E-state index is 0. The fourth-order valence-corrected chi connectivity index (χ4v) is 2.38. The molecule has 0 aliphatic heterocycles. The number of benzene rings is 1. The zero-order chi connectivity index (χ0) is 16.9. The van der Waals surface area contributed by atoms with Crippen molar-refractivity contribution in [2.75, 3.05) is 0 Å². The zero-order valence-electron chi connectivity index (χ0n) is 18.1. The van der Waals surface area contributed by atoms with Gasteiger partial charge in [-0.15, -0.1) is 60.9 Å². The summed E-state index contributed by atoms with van der Waals surface area (Å²) in [6.07, 6.45) is 14.0. The molecule has 0 atom stereocenters. The second kappa shape index (κ2) is 25.0. The van der Waals surface area contributed by atoms with Gasteiger partial charge < -0.3 is 7.43 Å². The van der Waals surface area contributed by atoms with Crippen molar-refractivity contribution in [3.63, 3.8) is 0 Å². The molecular weight excluding hydrogens is 478 g/mol. The Balaban J connectivity index is -0.0000000884. The second-order valence-electron chi connectivity index (χ2n) is 6.27. The summed E-state index contributed by atoms with van der Waals surface area (Å²) in [6, 6.07) is 14.7. The van der Waals surface area contributed by atoms with E-state index in [0.29, 0.717) is 5.92 Å². The second-order valence-corrected chi connectivity index (χ2v) is 6.27. The van der Waals surface area contributed by atoms with Gasteiger partial charge in [-0.3, -0.25) is 6.08 Å². The molecule has 0 nitrogen and oxygen atoms in total. The van der Waals surface area contributed by atoms with Crippen LogP contribution in [0.1, 0.15) is 59.8 Å². The molecule has 0 bridgehead atoms. The molecule has 1 aliphatic rings. The van der Waals surface area contributed by atoms with Crippen molar-refractivity contribution in [3.8, 4) is 0 Å². The van der Waals surface area contributed by atoms with E-state index in [4.69, 9.17) is 0 Å². The molecule has 0 fully saturated rings. The number of rotatable bonds is 4. The average Bonchev–Trinajstić information content (AvgIpc) is 3.25. The summed E-state index contributed by atoms with van der Waals surface area (Å²) in [7, 11) is 0. The van der Waals surface area contributed by atoms with Gasteiger partial charge in [0.25, 0.3) is 0 Å². The molecule has 0 unspecified atom stereocenters. The third-order valence-corrected chi connectivity index (χ3v) is 3.90. The van der Waals surface area contributed by atoms with Gasteiger partial charge in [-0.1, -0.05) is 65.4 Å². The van der Waals surface area contributed by atoms with Crippen LogP contribution in [0.2, 0.25) is 0 Å². The summed E-state index contributed by atoms with van der Waals surface area (Å²) in [6.45, 7) is 8.87. The molecule has 28 heavy (non-hydrogen) atoms. The largest absolute Gasteiger partial charge is 3.00 e. The number of fused-ring (bicyclic) bond motifs is 1. The predicted molar refractivity (Wildman–Crippen MR) is 131 cm³/mol. The molecule has 2 aromatic carbocycles. The van der Waals surface area contributed by atoms with Crippen LogP contribution in [-0.4, -0.2) is 11.0 Å². The monoisotopic (exact) mass is 513 g/mol. The Hall–Kier alpha value is -0.0100. The Labute approximate surface area is 211 Å². The Kier molecular flexibility index (Phi) is 34.5. The van der Waals surface area contributed by atoms with E-state index in [2.05, 4.69) is 88.4 Å². The number of allylic oxidation sites excluding steroid dienone is 4. The first-order valence-corrected chi connectivity index (χ1v) is 9.06. The fraction of sp³-hybridized carbons (Fsp3) is 0.417. The van der Waals surface area contributed by atoms with E-state index >= 15 is 0 Å². The van der Waals surface area contributed by atoms with E-state index in [9.17, 15) is 0 Å². The third kappa shape index (κ3) is 16.9. The fourth-order valence-electron chi connectivity index (χ4n) is 2.38. The van der Waals surface area contributed by atoms with E-state index in [1.807, 2.05) is 0 Å². The molecule has 1 aliphatic carbocycles. The summed E-state index contributed by atoms with van der Waals surface area (Å²) < 4.78 is 0. The van der Waals surface area contributed by atoms with Gasteiger partial charge >= 0.3 is 26.2 Å². The van der Waals surface area contributed by atoms with Crippen molar-refractivity contribution in [1.29, 1.82) is 0 Å². The molecule has 0 aromatic heterocycles. The molecule has 0 saturated heterocycles. The first-order valence-electron chi connectivity index (χ1n) is 9.06. The van der Waals surface area contributed by atoms with Crippen molar-refractivity contribution >= 4 is 46.6 Å². The van der Waals surface area contributed by atoms with Gasteiger partial charge in [0, 0.05) is 11.0 Å². The van der Waals surface area contributed by atoms with Crippen LogP contribution in [0.25, 0.3) is 10.8 Å². The van der Waals surface area contributed by atoms with Crippen LogP contribution in [0.15, 0.2) is 60.2 Å². The maximum atomic E-state index is 3.14. The molecule has 0 spiro atoms. The Morgan fingerprint density at radius 3 is 1.96 bits per heavy atom. The number of hydrogen-bond acceptors (Lipinski definition) is 0. The summed E-state index contributed by atoms with van der Waals surface area (Å²) in [4.78, 5) is 0. The van der Waals surface area contributed by atoms with E-state index < -0.39 is 0 Å². The summed E-state index contributed by atoms with van der Waals surface area (Å²) in [5.41, 5.74) is 1.44. The Morgan fingerprint density at radius 1 is 1.00 bits per heavy atom. The van der Waals surface area contributed by atoms with Crippen LogP contribution in [0.3, 0.4) is 0 Å². The van der Waals surface area contributed by atoms with Gasteiger partial charge in [0.1, 0.15) is 0 Å². The predicted octanol–water partition coefficient (Wildman–Crippen LogP) is 8.39. The van der Waals surface area contributed by atoms with Gasteiger partial charge in [-0.25, -0.2) is 6.08 Å². The number of halogens is 2. The van der Waals surface area contributed by atoms with E-state index in [0.717, 1.165) is 6.42 Å². The van der Waals surface area contributed by atoms with Crippen molar-refractivity contribution in [2.45, 2.75) is 59.8 Å². The molecule has 4 heteroatoms. The minimum absolute atomic E-state index is 0. The molecule has 3 rings (SSSR count). The van der Waals surface area contributed by atoms with Crippen molar-refractivity contribution < 1.29 is 26.2 Å². The molecular formula is C24H37Cl2SiZr. The van der Waals surface area contributed by atoms with Crippen molar-refractivity contribution in [1.82, 2.24) is 0 Å². The first-order chi connectivity index (χ1) is 11.2. The minimum Gasteiger partial charge on any atom is -0.358 e. The van der Waals surface area contributed by atoms with Gasteiger partial charge in [-0.2, -0.15) is 29.2 Å². The van der Waals surface area contributed by atoms with Gasteiger partial charge in [0.2, 0.25) is 0 Å². The molecule has 0 saturated carbocycles. The number of unbranched alkanes of at least 4 members (excludes halogenated alkanes) is 3. The van der Waals surface area contributed by atoms with Crippen molar-refractivity contribution in [2.24, 2.45) is 5.92 Å². The van der Waals surface area contributed by atoms with E-state index in [1.54, 1.807) is 0 Å². The van der Waals surface area contributed by atoms with Gasteiger partial charge in [0.05, 0.1) is 0 Å². The van der Waals surface area contributed by atoms with Crippen LogP contribution in [0.4, 0.5) is 0 Å². The number of hydrogen-bond donors (Lipinski definition) is 0. The molecule has 2 aromatic rings. The summed E-state index contributed by atoms with van der Waals surface area (Å²) >= 11 is 0. The van der Waals surface area contributed by atoms with Crippen LogP contribution in [0, 0.1) is 19.4 Å². The summed E-state index contributed by atoms with van der Waals surface area (Å²) in [5.74, 6) is 0.685. The molecule has 5 radical (unpaired) electrons. The Bertz CT molecular complexity index is 569. The molecule has 0 amide bonds. The standard InChI is InChI=1S/C9H7.C8H11.C6H14.CH3.2ClH.Si.Zr/c1-2-5-9-7-3-6-8(9)4-1;1-7(2)8-5-3-4-6-8;1-3-5-6-4-2;;;;;/h1-7H;5-7H,3H2,1-2H3;3-6H2,1-2H3;1H3;2*1H;;/q2*-1;;-1;;;;+3. The first kappa shape index (κ1) is 38.6. The van der Waals surface area contributed by atoms with Crippen LogP contribution < -0.4 is 0 Å². The van der Waals surface area contributed by atoms with E-state index in [1.165, 1.54) is 42.0 Å². The average molecular weight is 516 g/mol. The maximum Gasteiger partial charge on any atom is 3.00 e. The quantitative estimate of drug-likeness (QED) is 0.218. The van der Waals surface area contributed by atoms with Gasteiger partial charge in [-0.05, 0) is 0 Å². The van der Waals surface area contributed by atoms with Gasteiger partial charge in [0.15, 0.2) is 0 Å². The Morgan fingerprint density at radius 2 is 1.57 bits per heavy atom. The van der Waals surface area contributed by atoms with Crippen LogP contribution in [-0.2, 0) is 26.2 Å². The van der Waals surface area contributed by atoms with Crippen molar-refractivity contribution in [3.05, 3.63) is 73.7 Å². The molecule has 155 valence electrons.